The Morgan fingerprint density at radius 3 is 2.54 bits per heavy atom. The van der Waals surface area contributed by atoms with Gasteiger partial charge in [-0.3, -0.25) is 4.90 Å². The summed E-state index contributed by atoms with van der Waals surface area (Å²) < 4.78 is 5.75. The molecule has 0 bridgehead atoms. The molecule has 0 aliphatic carbocycles. The molecule has 0 saturated carbocycles. The molecule has 0 amide bonds. The zero-order valence-corrected chi connectivity index (χ0v) is 9.03. The van der Waals surface area contributed by atoms with Crippen LogP contribution in [0.15, 0.2) is 0 Å². The summed E-state index contributed by atoms with van der Waals surface area (Å²) in [6.45, 7) is 9.86. The molecule has 0 spiro atoms. The lowest BCUT2D eigenvalue weighted by Gasteiger charge is -2.26. The van der Waals surface area contributed by atoms with Crippen LogP contribution in [0.3, 0.4) is 0 Å². The normalized spacial score (nSPS) is 32.8. The highest BCUT2D eigenvalue weighted by Crippen LogP contribution is 2.22. The van der Waals surface area contributed by atoms with E-state index in [1.54, 1.807) is 0 Å². The summed E-state index contributed by atoms with van der Waals surface area (Å²) in [7, 11) is 0. The number of nitrogens with zero attached hydrogens (tertiary/aromatic N) is 1. The molecule has 1 rings (SSSR count). The Hall–Kier alpha value is -0.120. The van der Waals surface area contributed by atoms with E-state index < -0.39 is 0 Å². The molecule has 3 atom stereocenters. The lowest BCUT2D eigenvalue weighted by molar-refractivity contribution is -0.0354. The second-order valence-electron chi connectivity index (χ2n) is 4.38. The standard InChI is InChI=1S/C10H21NO2/c1-7(2)10-11(5-8(3)12)6-9(4)13-10/h7-10,12H,5-6H2,1-4H3. The number of rotatable bonds is 3. The first-order valence-corrected chi connectivity index (χ1v) is 5.08. The lowest BCUT2D eigenvalue weighted by Crippen LogP contribution is -2.38. The largest absolute Gasteiger partial charge is 0.392 e. The molecule has 1 saturated heterocycles. The topological polar surface area (TPSA) is 32.7 Å². The van der Waals surface area contributed by atoms with E-state index in [4.69, 9.17) is 4.74 Å². The minimum atomic E-state index is -0.268. The van der Waals surface area contributed by atoms with Gasteiger partial charge in [-0.2, -0.15) is 0 Å². The van der Waals surface area contributed by atoms with Crippen LogP contribution in [0.2, 0.25) is 0 Å². The van der Waals surface area contributed by atoms with Crippen LogP contribution in [0.25, 0.3) is 0 Å². The van der Waals surface area contributed by atoms with Gasteiger partial charge in [-0.05, 0) is 19.8 Å². The van der Waals surface area contributed by atoms with Gasteiger partial charge in [0.1, 0.15) is 6.23 Å². The fraction of sp³-hybridized carbons (Fsp3) is 1.00. The third-order valence-corrected chi connectivity index (χ3v) is 2.29. The average molecular weight is 187 g/mol. The molecule has 13 heavy (non-hydrogen) atoms. The SMILES string of the molecule is CC(O)CN1CC(C)OC1C(C)C. The second kappa shape index (κ2) is 4.40. The van der Waals surface area contributed by atoms with Crippen LogP contribution in [0.4, 0.5) is 0 Å². The molecule has 3 heteroatoms. The van der Waals surface area contributed by atoms with Crippen molar-refractivity contribution in [2.45, 2.75) is 46.1 Å². The monoisotopic (exact) mass is 187 g/mol. The third kappa shape index (κ3) is 2.93. The van der Waals surface area contributed by atoms with E-state index in [-0.39, 0.29) is 12.3 Å². The quantitative estimate of drug-likeness (QED) is 0.717. The van der Waals surface area contributed by atoms with Crippen LogP contribution >= 0.6 is 0 Å². The summed E-state index contributed by atoms with van der Waals surface area (Å²) in [5.74, 6) is 0.490. The molecule has 1 aliphatic heterocycles. The van der Waals surface area contributed by atoms with Gasteiger partial charge in [-0.15, -0.1) is 0 Å². The Morgan fingerprint density at radius 2 is 2.08 bits per heavy atom. The van der Waals surface area contributed by atoms with Gasteiger partial charge >= 0.3 is 0 Å². The minimum Gasteiger partial charge on any atom is -0.392 e. The zero-order valence-electron chi connectivity index (χ0n) is 9.03. The lowest BCUT2D eigenvalue weighted by atomic mass is 10.1. The van der Waals surface area contributed by atoms with Crippen molar-refractivity contribution in [3.05, 3.63) is 0 Å². The Kier molecular flexibility index (Phi) is 3.71. The van der Waals surface area contributed by atoms with Crippen LogP contribution < -0.4 is 0 Å². The molecule has 1 heterocycles. The highest BCUT2D eigenvalue weighted by Gasteiger charge is 2.32. The Bertz CT molecular complexity index is 159. The Morgan fingerprint density at radius 1 is 1.46 bits per heavy atom. The van der Waals surface area contributed by atoms with E-state index in [0.29, 0.717) is 18.6 Å². The molecule has 0 aromatic heterocycles. The molecule has 78 valence electrons. The molecular weight excluding hydrogens is 166 g/mol. The first-order chi connectivity index (χ1) is 6.00. The van der Waals surface area contributed by atoms with E-state index in [9.17, 15) is 5.11 Å². The highest BCUT2D eigenvalue weighted by molar-refractivity contribution is 4.78. The molecule has 3 nitrogen and oxygen atoms in total. The average Bonchev–Trinajstić information content (AvgIpc) is 2.29. The van der Waals surface area contributed by atoms with Crippen LogP contribution in [0.1, 0.15) is 27.7 Å². The number of β-amino-alcohol motifs (C(OH)–C–C–N with tert-alkyl or cyclic N) is 1. The van der Waals surface area contributed by atoms with E-state index in [1.165, 1.54) is 0 Å². The van der Waals surface area contributed by atoms with Crippen LogP contribution in [0, 0.1) is 5.92 Å². The molecular formula is C10H21NO2. The van der Waals surface area contributed by atoms with E-state index >= 15 is 0 Å². The summed E-state index contributed by atoms with van der Waals surface area (Å²) in [4.78, 5) is 2.22. The fourth-order valence-corrected chi connectivity index (χ4v) is 1.90. The molecule has 0 aromatic carbocycles. The first-order valence-electron chi connectivity index (χ1n) is 5.08. The van der Waals surface area contributed by atoms with Gasteiger partial charge in [0.15, 0.2) is 0 Å². The maximum atomic E-state index is 9.30. The summed E-state index contributed by atoms with van der Waals surface area (Å²) in [6.07, 6.45) is 0.214. The van der Waals surface area contributed by atoms with Crippen molar-refractivity contribution >= 4 is 0 Å². The van der Waals surface area contributed by atoms with Gasteiger partial charge in [0.25, 0.3) is 0 Å². The van der Waals surface area contributed by atoms with Crippen molar-refractivity contribution in [1.29, 1.82) is 0 Å². The Labute approximate surface area is 80.7 Å². The molecule has 0 aromatic rings. The molecule has 1 N–H and O–H groups in total. The maximum Gasteiger partial charge on any atom is 0.113 e. The Balaban J connectivity index is 2.50. The fourth-order valence-electron chi connectivity index (χ4n) is 1.90. The summed E-state index contributed by atoms with van der Waals surface area (Å²) >= 11 is 0. The van der Waals surface area contributed by atoms with Crippen LogP contribution in [-0.4, -0.2) is 41.5 Å². The van der Waals surface area contributed by atoms with Gasteiger partial charge in [0.05, 0.1) is 12.2 Å². The highest BCUT2D eigenvalue weighted by atomic mass is 16.5. The van der Waals surface area contributed by atoms with E-state index in [1.807, 2.05) is 6.92 Å². The maximum absolute atomic E-state index is 9.30. The summed E-state index contributed by atoms with van der Waals surface area (Å²) in [6, 6.07) is 0. The van der Waals surface area contributed by atoms with Gasteiger partial charge < -0.3 is 9.84 Å². The van der Waals surface area contributed by atoms with Crippen LogP contribution in [0.5, 0.6) is 0 Å². The number of aliphatic hydroxyl groups excluding tert-OH is 1. The molecule has 1 aliphatic rings. The van der Waals surface area contributed by atoms with Gasteiger partial charge in [-0.25, -0.2) is 0 Å². The summed E-state index contributed by atoms with van der Waals surface area (Å²) in [5.41, 5.74) is 0. The number of hydrogen-bond donors (Lipinski definition) is 1. The molecule has 1 fully saturated rings. The van der Waals surface area contributed by atoms with Crippen molar-refractivity contribution in [1.82, 2.24) is 4.90 Å². The van der Waals surface area contributed by atoms with E-state index in [0.717, 1.165) is 6.54 Å². The van der Waals surface area contributed by atoms with Gasteiger partial charge in [0, 0.05) is 13.1 Å². The van der Waals surface area contributed by atoms with Gasteiger partial charge in [0.2, 0.25) is 0 Å². The minimum absolute atomic E-state index is 0.185. The van der Waals surface area contributed by atoms with Gasteiger partial charge in [-0.1, -0.05) is 13.8 Å². The first kappa shape index (κ1) is 11.0. The predicted molar refractivity (Wildman–Crippen MR) is 52.4 cm³/mol. The van der Waals surface area contributed by atoms with Crippen molar-refractivity contribution in [3.8, 4) is 0 Å². The predicted octanol–water partition coefficient (Wildman–Crippen LogP) is 1.07. The van der Waals surface area contributed by atoms with Crippen molar-refractivity contribution in [2.24, 2.45) is 5.92 Å². The number of ether oxygens (including phenoxy) is 1. The van der Waals surface area contributed by atoms with Crippen molar-refractivity contribution in [3.63, 3.8) is 0 Å². The number of hydrogen-bond acceptors (Lipinski definition) is 3. The molecule has 0 radical (unpaired) electrons. The number of aliphatic hydroxyl groups is 1. The van der Waals surface area contributed by atoms with Crippen LogP contribution in [-0.2, 0) is 4.74 Å². The third-order valence-electron chi connectivity index (χ3n) is 2.29. The molecule has 3 unspecified atom stereocenters. The summed E-state index contributed by atoms with van der Waals surface area (Å²) in [5, 5.41) is 9.30. The smallest absolute Gasteiger partial charge is 0.113 e. The van der Waals surface area contributed by atoms with E-state index in [2.05, 4.69) is 25.7 Å². The van der Waals surface area contributed by atoms with Crippen molar-refractivity contribution < 1.29 is 9.84 Å². The van der Waals surface area contributed by atoms with Crippen molar-refractivity contribution in [2.75, 3.05) is 13.1 Å². The second-order valence-corrected chi connectivity index (χ2v) is 4.38. The zero-order chi connectivity index (χ0) is 10.0.